The van der Waals surface area contributed by atoms with Crippen molar-refractivity contribution in [1.29, 1.82) is 0 Å². The maximum absolute atomic E-state index is 13.2. The SMILES string of the molecule is CCSc1nc2n(n1)C(c1ccc(OCc3cccc(Br)c3)c(OC)c1)C(C(=O)OC(C)C)=C(C)N2. The summed E-state index contributed by atoms with van der Waals surface area (Å²) in [5, 5.41) is 8.55. The third-order valence-electron chi connectivity index (χ3n) is 5.46. The van der Waals surface area contributed by atoms with E-state index in [1.54, 1.807) is 11.8 Å². The average molecular weight is 574 g/mol. The van der Waals surface area contributed by atoms with Crippen LogP contribution in [0.4, 0.5) is 5.95 Å². The van der Waals surface area contributed by atoms with Gasteiger partial charge in [-0.15, -0.1) is 5.10 Å². The largest absolute Gasteiger partial charge is 0.493 e. The Morgan fingerprint density at radius 1 is 1.22 bits per heavy atom. The van der Waals surface area contributed by atoms with Gasteiger partial charge in [0.2, 0.25) is 11.1 Å². The van der Waals surface area contributed by atoms with Gasteiger partial charge in [0.15, 0.2) is 11.5 Å². The number of carbonyl (C=O) groups excluding carboxylic acids is 1. The topological polar surface area (TPSA) is 87.5 Å². The summed E-state index contributed by atoms with van der Waals surface area (Å²) in [5.74, 6) is 2.16. The molecule has 190 valence electrons. The second kappa shape index (κ2) is 11.4. The number of rotatable bonds is 9. The average Bonchev–Trinajstić information content (AvgIpc) is 3.23. The van der Waals surface area contributed by atoms with Crippen LogP contribution < -0.4 is 14.8 Å². The van der Waals surface area contributed by atoms with Gasteiger partial charge in [-0.3, -0.25) is 0 Å². The number of hydrogen-bond donors (Lipinski definition) is 1. The highest BCUT2D eigenvalue weighted by molar-refractivity contribution is 9.10. The molecule has 3 aromatic rings. The molecule has 0 saturated carbocycles. The van der Waals surface area contributed by atoms with Crippen LogP contribution in [-0.4, -0.2) is 39.7 Å². The Labute approximate surface area is 223 Å². The number of nitrogens with zero attached hydrogens (tertiary/aromatic N) is 3. The molecule has 0 bridgehead atoms. The molecule has 0 aliphatic carbocycles. The molecule has 0 saturated heterocycles. The number of ether oxygens (including phenoxy) is 3. The van der Waals surface area contributed by atoms with Gasteiger partial charge < -0.3 is 19.5 Å². The Morgan fingerprint density at radius 2 is 2.03 bits per heavy atom. The zero-order chi connectivity index (χ0) is 25.8. The molecule has 0 radical (unpaired) electrons. The highest BCUT2D eigenvalue weighted by atomic mass is 79.9. The Hall–Kier alpha value is -2.98. The van der Waals surface area contributed by atoms with Gasteiger partial charge in [0.05, 0.1) is 18.8 Å². The molecule has 0 spiro atoms. The van der Waals surface area contributed by atoms with E-state index in [0.29, 0.717) is 40.5 Å². The van der Waals surface area contributed by atoms with E-state index in [2.05, 4.69) is 26.2 Å². The molecule has 2 aromatic carbocycles. The summed E-state index contributed by atoms with van der Waals surface area (Å²) >= 11 is 5.03. The lowest BCUT2D eigenvalue weighted by Crippen LogP contribution is -2.30. The van der Waals surface area contributed by atoms with Gasteiger partial charge in [-0.1, -0.05) is 52.8 Å². The van der Waals surface area contributed by atoms with E-state index < -0.39 is 12.0 Å². The first-order valence-electron chi connectivity index (χ1n) is 11.6. The van der Waals surface area contributed by atoms with Gasteiger partial charge in [0.25, 0.3) is 0 Å². The number of carbonyl (C=O) groups is 1. The van der Waals surface area contributed by atoms with Crippen LogP contribution in [0, 0.1) is 0 Å². The maximum atomic E-state index is 13.2. The lowest BCUT2D eigenvalue weighted by Gasteiger charge is -2.29. The molecule has 10 heteroatoms. The van der Waals surface area contributed by atoms with Crippen molar-refractivity contribution in [3.8, 4) is 11.5 Å². The van der Waals surface area contributed by atoms with Crippen LogP contribution in [0.3, 0.4) is 0 Å². The fourth-order valence-electron chi connectivity index (χ4n) is 3.93. The number of halogens is 1. The third-order valence-corrected chi connectivity index (χ3v) is 6.67. The fourth-order valence-corrected chi connectivity index (χ4v) is 4.93. The van der Waals surface area contributed by atoms with Gasteiger partial charge in [-0.05, 0) is 61.9 Å². The Kier molecular flexibility index (Phi) is 8.25. The number of allylic oxidation sites excluding steroid dienone is 1. The zero-order valence-electron chi connectivity index (χ0n) is 20.9. The standard InChI is InChI=1S/C26H29BrN4O4S/c1-6-36-26-29-25-28-16(4)22(24(32)35-15(2)3)23(31(25)30-26)18-10-11-20(21(13-18)33-5)34-14-17-8-7-9-19(27)12-17/h7-13,15,23H,6,14H2,1-5H3,(H,28,29,30). The summed E-state index contributed by atoms with van der Waals surface area (Å²) in [4.78, 5) is 17.8. The van der Waals surface area contributed by atoms with Gasteiger partial charge in [-0.2, -0.15) is 4.98 Å². The highest BCUT2D eigenvalue weighted by Crippen LogP contribution is 2.40. The molecule has 8 nitrogen and oxygen atoms in total. The Morgan fingerprint density at radius 3 is 2.72 bits per heavy atom. The molecule has 1 aromatic heterocycles. The van der Waals surface area contributed by atoms with E-state index in [4.69, 9.17) is 19.3 Å². The minimum absolute atomic E-state index is 0.259. The molecule has 1 N–H and O–H groups in total. The molecular weight excluding hydrogens is 544 g/mol. The van der Waals surface area contributed by atoms with Gasteiger partial charge in [-0.25, -0.2) is 9.48 Å². The molecule has 0 amide bonds. The first-order valence-corrected chi connectivity index (χ1v) is 13.4. The second-order valence-corrected chi connectivity index (χ2v) is 10.6. The predicted molar refractivity (Wildman–Crippen MR) is 144 cm³/mol. The third kappa shape index (κ3) is 5.70. The molecule has 4 rings (SSSR count). The summed E-state index contributed by atoms with van der Waals surface area (Å²) in [6.45, 7) is 7.94. The van der Waals surface area contributed by atoms with Crippen LogP contribution in [0.2, 0.25) is 0 Å². The highest BCUT2D eigenvalue weighted by Gasteiger charge is 2.36. The number of anilines is 1. The summed E-state index contributed by atoms with van der Waals surface area (Å²) < 4.78 is 20.1. The van der Waals surface area contributed by atoms with Crippen molar-refractivity contribution in [2.24, 2.45) is 0 Å². The predicted octanol–water partition coefficient (Wildman–Crippen LogP) is 5.98. The van der Waals surface area contributed by atoms with Crippen molar-refractivity contribution in [3.05, 3.63) is 69.3 Å². The van der Waals surface area contributed by atoms with E-state index in [1.165, 1.54) is 11.8 Å². The molecule has 36 heavy (non-hydrogen) atoms. The zero-order valence-corrected chi connectivity index (χ0v) is 23.3. The van der Waals surface area contributed by atoms with Crippen molar-refractivity contribution in [2.45, 2.75) is 51.6 Å². The minimum atomic E-state index is -0.542. The van der Waals surface area contributed by atoms with Crippen LogP contribution in [0.1, 0.15) is 44.9 Å². The summed E-state index contributed by atoms with van der Waals surface area (Å²) in [6, 6.07) is 13.0. The maximum Gasteiger partial charge on any atom is 0.338 e. The van der Waals surface area contributed by atoms with E-state index in [1.807, 2.05) is 70.2 Å². The van der Waals surface area contributed by atoms with Crippen LogP contribution in [0.25, 0.3) is 0 Å². The Balaban J connectivity index is 1.72. The fraction of sp³-hybridized carbons (Fsp3) is 0.346. The molecule has 1 aliphatic rings. The monoisotopic (exact) mass is 572 g/mol. The number of aromatic nitrogens is 3. The van der Waals surface area contributed by atoms with Crippen molar-refractivity contribution in [3.63, 3.8) is 0 Å². The van der Waals surface area contributed by atoms with E-state index in [0.717, 1.165) is 21.4 Å². The van der Waals surface area contributed by atoms with E-state index in [9.17, 15) is 4.79 Å². The number of benzene rings is 2. The van der Waals surface area contributed by atoms with Gasteiger partial charge in [0, 0.05) is 10.2 Å². The van der Waals surface area contributed by atoms with Crippen LogP contribution in [0.15, 0.2) is 63.4 Å². The van der Waals surface area contributed by atoms with Crippen LogP contribution in [-0.2, 0) is 16.1 Å². The first-order chi connectivity index (χ1) is 17.3. The van der Waals surface area contributed by atoms with Crippen LogP contribution >= 0.6 is 27.7 Å². The van der Waals surface area contributed by atoms with Crippen molar-refractivity contribution >= 4 is 39.6 Å². The quantitative estimate of drug-likeness (QED) is 0.247. The van der Waals surface area contributed by atoms with Gasteiger partial charge >= 0.3 is 5.97 Å². The molecular formula is C26H29BrN4O4S. The summed E-state index contributed by atoms with van der Waals surface area (Å²) in [7, 11) is 1.60. The van der Waals surface area contributed by atoms with Crippen molar-refractivity contribution in [2.75, 3.05) is 18.2 Å². The summed E-state index contributed by atoms with van der Waals surface area (Å²) in [6.07, 6.45) is -0.259. The normalized spacial score (nSPS) is 14.9. The number of esters is 1. The molecule has 1 unspecified atom stereocenters. The first kappa shape index (κ1) is 26.1. The number of fused-ring (bicyclic) bond motifs is 1. The lowest BCUT2D eigenvalue weighted by molar-refractivity contribution is -0.143. The number of methoxy groups -OCH3 is 1. The van der Waals surface area contributed by atoms with Crippen molar-refractivity contribution in [1.82, 2.24) is 14.8 Å². The van der Waals surface area contributed by atoms with Crippen LogP contribution in [0.5, 0.6) is 11.5 Å². The van der Waals surface area contributed by atoms with E-state index in [-0.39, 0.29) is 6.10 Å². The lowest BCUT2D eigenvalue weighted by atomic mass is 9.95. The molecule has 1 aliphatic heterocycles. The molecule has 1 atom stereocenters. The van der Waals surface area contributed by atoms with E-state index >= 15 is 0 Å². The molecule has 0 fully saturated rings. The molecule has 2 heterocycles. The Bertz CT molecular complexity index is 1290. The van der Waals surface area contributed by atoms with Crippen molar-refractivity contribution < 1.29 is 19.0 Å². The smallest absolute Gasteiger partial charge is 0.338 e. The number of hydrogen-bond acceptors (Lipinski definition) is 8. The number of thioether (sulfide) groups is 1. The second-order valence-electron chi connectivity index (χ2n) is 8.44. The number of nitrogens with one attached hydrogen (secondary N) is 1. The minimum Gasteiger partial charge on any atom is -0.493 e. The summed E-state index contributed by atoms with van der Waals surface area (Å²) in [5.41, 5.74) is 2.98. The van der Waals surface area contributed by atoms with Gasteiger partial charge in [0.1, 0.15) is 12.6 Å².